The highest BCUT2D eigenvalue weighted by Crippen LogP contribution is 2.18. The van der Waals surface area contributed by atoms with Crippen molar-refractivity contribution in [1.82, 2.24) is 0 Å². The standard InChI is InChI=1S/C17H13FN2O/c18-16-9-12(10-19)5-6-14(16)11-21-17-15-4-2-1-3-13(15)7-8-20-17/h1-6,9H,7-8,11H2. The van der Waals surface area contributed by atoms with Crippen molar-refractivity contribution in [3.63, 3.8) is 0 Å². The molecule has 4 heteroatoms. The van der Waals surface area contributed by atoms with E-state index in [9.17, 15) is 4.39 Å². The van der Waals surface area contributed by atoms with Crippen molar-refractivity contribution in [3.05, 3.63) is 70.5 Å². The highest BCUT2D eigenvalue weighted by atomic mass is 19.1. The summed E-state index contributed by atoms with van der Waals surface area (Å²) in [6.07, 6.45) is 0.897. The van der Waals surface area contributed by atoms with E-state index in [4.69, 9.17) is 10.00 Å². The van der Waals surface area contributed by atoms with Gasteiger partial charge in [0.25, 0.3) is 0 Å². The fourth-order valence-corrected chi connectivity index (χ4v) is 2.31. The van der Waals surface area contributed by atoms with Crippen LogP contribution in [0.2, 0.25) is 0 Å². The molecular weight excluding hydrogens is 267 g/mol. The van der Waals surface area contributed by atoms with E-state index in [0.717, 1.165) is 12.0 Å². The van der Waals surface area contributed by atoms with Gasteiger partial charge in [-0.2, -0.15) is 5.26 Å². The van der Waals surface area contributed by atoms with Crippen molar-refractivity contribution in [2.24, 2.45) is 4.99 Å². The molecule has 0 amide bonds. The van der Waals surface area contributed by atoms with Gasteiger partial charge in [0.15, 0.2) is 0 Å². The average molecular weight is 280 g/mol. The lowest BCUT2D eigenvalue weighted by molar-refractivity contribution is 0.285. The number of ether oxygens (including phenoxy) is 1. The van der Waals surface area contributed by atoms with E-state index in [0.29, 0.717) is 23.6 Å². The molecule has 1 aliphatic rings. The Morgan fingerprint density at radius 1 is 1.24 bits per heavy atom. The van der Waals surface area contributed by atoms with Gasteiger partial charge in [-0.05, 0) is 30.2 Å². The average Bonchev–Trinajstić information content (AvgIpc) is 2.53. The zero-order chi connectivity index (χ0) is 14.7. The number of hydrogen-bond acceptors (Lipinski definition) is 3. The number of rotatable bonds is 2. The van der Waals surface area contributed by atoms with E-state index in [2.05, 4.69) is 11.1 Å². The Balaban J connectivity index is 1.77. The molecule has 0 saturated carbocycles. The molecule has 3 nitrogen and oxygen atoms in total. The van der Waals surface area contributed by atoms with Crippen molar-refractivity contribution in [3.8, 4) is 6.07 Å². The van der Waals surface area contributed by atoms with Gasteiger partial charge in [-0.1, -0.05) is 24.3 Å². The van der Waals surface area contributed by atoms with Crippen LogP contribution in [0.15, 0.2) is 47.5 Å². The second-order valence-corrected chi connectivity index (χ2v) is 4.80. The van der Waals surface area contributed by atoms with Gasteiger partial charge in [0.2, 0.25) is 5.90 Å². The third-order valence-electron chi connectivity index (χ3n) is 3.43. The van der Waals surface area contributed by atoms with Crippen molar-refractivity contribution in [2.75, 3.05) is 6.54 Å². The molecule has 1 aliphatic heterocycles. The molecule has 3 rings (SSSR count). The Morgan fingerprint density at radius 3 is 2.90 bits per heavy atom. The van der Waals surface area contributed by atoms with Gasteiger partial charge in [0.1, 0.15) is 12.4 Å². The van der Waals surface area contributed by atoms with Crippen LogP contribution in [-0.4, -0.2) is 12.4 Å². The van der Waals surface area contributed by atoms with Crippen molar-refractivity contribution < 1.29 is 9.13 Å². The Hall–Kier alpha value is -2.67. The molecule has 2 aromatic rings. The maximum absolute atomic E-state index is 13.8. The van der Waals surface area contributed by atoms with E-state index in [1.165, 1.54) is 11.6 Å². The summed E-state index contributed by atoms with van der Waals surface area (Å²) < 4.78 is 19.5. The lowest BCUT2D eigenvalue weighted by atomic mass is 10.0. The summed E-state index contributed by atoms with van der Waals surface area (Å²) in [7, 11) is 0. The minimum Gasteiger partial charge on any atom is -0.472 e. The van der Waals surface area contributed by atoms with Crippen LogP contribution < -0.4 is 0 Å². The van der Waals surface area contributed by atoms with Crippen molar-refractivity contribution in [1.29, 1.82) is 5.26 Å². The second-order valence-electron chi connectivity index (χ2n) is 4.80. The van der Waals surface area contributed by atoms with Gasteiger partial charge >= 0.3 is 0 Å². The third-order valence-corrected chi connectivity index (χ3v) is 3.43. The highest BCUT2D eigenvalue weighted by Gasteiger charge is 2.15. The summed E-state index contributed by atoms with van der Waals surface area (Å²) in [5.41, 5.74) is 2.89. The Morgan fingerprint density at radius 2 is 2.10 bits per heavy atom. The van der Waals surface area contributed by atoms with Crippen LogP contribution in [0.5, 0.6) is 0 Å². The molecule has 1 heterocycles. The monoisotopic (exact) mass is 280 g/mol. The summed E-state index contributed by atoms with van der Waals surface area (Å²) in [6, 6.07) is 14.2. The normalized spacial score (nSPS) is 13.0. The first-order valence-electron chi connectivity index (χ1n) is 6.72. The number of hydrogen-bond donors (Lipinski definition) is 0. The number of halogens is 1. The molecule has 0 bridgehead atoms. The van der Waals surface area contributed by atoms with Gasteiger partial charge in [-0.15, -0.1) is 0 Å². The molecule has 0 unspecified atom stereocenters. The van der Waals surface area contributed by atoms with E-state index in [1.807, 2.05) is 24.3 Å². The number of benzene rings is 2. The van der Waals surface area contributed by atoms with Gasteiger partial charge in [-0.25, -0.2) is 4.39 Å². The predicted octanol–water partition coefficient (Wildman–Crippen LogP) is 3.22. The fourth-order valence-electron chi connectivity index (χ4n) is 2.31. The summed E-state index contributed by atoms with van der Waals surface area (Å²) >= 11 is 0. The predicted molar refractivity (Wildman–Crippen MR) is 77.5 cm³/mol. The largest absolute Gasteiger partial charge is 0.472 e. The van der Waals surface area contributed by atoms with Crippen LogP contribution in [0, 0.1) is 17.1 Å². The maximum Gasteiger partial charge on any atom is 0.216 e. The second kappa shape index (κ2) is 5.76. The van der Waals surface area contributed by atoms with Crippen LogP contribution in [0.3, 0.4) is 0 Å². The molecule has 2 aromatic carbocycles. The molecule has 0 aliphatic carbocycles. The van der Waals surface area contributed by atoms with Gasteiger partial charge in [-0.3, -0.25) is 4.99 Å². The topological polar surface area (TPSA) is 45.4 Å². The molecule has 0 atom stereocenters. The maximum atomic E-state index is 13.8. The van der Waals surface area contributed by atoms with Crippen LogP contribution >= 0.6 is 0 Å². The summed E-state index contributed by atoms with van der Waals surface area (Å²) in [5.74, 6) is 0.124. The Labute approximate surface area is 122 Å². The van der Waals surface area contributed by atoms with Gasteiger partial charge in [0, 0.05) is 17.7 Å². The Bertz CT molecular complexity index is 747. The first kappa shape index (κ1) is 13.3. The SMILES string of the molecule is N#Cc1ccc(COC2=NCCc3ccccc32)c(F)c1. The van der Waals surface area contributed by atoms with Crippen molar-refractivity contribution >= 4 is 5.90 Å². The molecule has 0 saturated heterocycles. The fraction of sp³-hybridized carbons (Fsp3) is 0.176. The van der Waals surface area contributed by atoms with Gasteiger partial charge in [0.05, 0.1) is 11.6 Å². The lowest BCUT2D eigenvalue weighted by Crippen LogP contribution is -2.16. The van der Waals surface area contributed by atoms with E-state index >= 15 is 0 Å². The highest BCUT2D eigenvalue weighted by molar-refractivity contribution is 5.96. The number of nitriles is 1. The van der Waals surface area contributed by atoms with Crippen LogP contribution in [-0.2, 0) is 17.8 Å². The smallest absolute Gasteiger partial charge is 0.216 e. The minimum atomic E-state index is -0.432. The lowest BCUT2D eigenvalue weighted by Gasteiger charge is -2.17. The van der Waals surface area contributed by atoms with E-state index in [-0.39, 0.29) is 6.61 Å². The summed E-state index contributed by atoms with van der Waals surface area (Å²) in [5, 5.41) is 8.73. The first-order valence-corrected chi connectivity index (χ1v) is 6.72. The molecule has 0 N–H and O–H groups in total. The third kappa shape index (κ3) is 2.77. The summed E-state index contributed by atoms with van der Waals surface area (Å²) in [4.78, 5) is 4.37. The summed E-state index contributed by atoms with van der Waals surface area (Å²) in [6.45, 7) is 0.785. The van der Waals surface area contributed by atoms with E-state index in [1.54, 1.807) is 12.1 Å². The number of aliphatic imine (C=N–C) groups is 1. The quantitative estimate of drug-likeness (QED) is 0.848. The van der Waals surface area contributed by atoms with Crippen LogP contribution in [0.1, 0.15) is 22.3 Å². The number of fused-ring (bicyclic) bond motifs is 1. The molecule has 0 aromatic heterocycles. The van der Waals surface area contributed by atoms with Crippen molar-refractivity contribution in [2.45, 2.75) is 13.0 Å². The molecule has 104 valence electrons. The van der Waals surface area contributed by atoms with Crippen LogP contribution in [0.25, 0.3) is 0 Å². The first-order chi connectivity index (χ1) is 10.3. The van der Waals surface area contributed by atoms with E-state index < -0.39 is 5.82 Å². The van der Waals surface area contributed by atoms with Crippen LogP contribution in [0.4, 0.5) is 4.39 Å². The minimum absolute atomic E-state index is 0.102. The molecule has 21 heavy (non-hydrogen) atoms. The molecular formula is C17H13FN2O. The zero-order valence-corrected chi connectivity index (χ0v) is 11.3. The Kier molecular flexibility index (Phi) is 3.65. The molecule has 0 spiro atoms. The molecule has 0 fully saturated rings. The molecule has 0 radical (unpaired) electrons. The number of nitrogens with zero attached hydrogens (tertiary/aromatic N) is 2. The van der Waals surface area contributed by atoms with Gasteiger partial charge < -0.3 is 4.74 Å². The zero-order valence-electron chi connectivity index (χ0n) is 11.3.